The second kappa shape index (κ2) is 11.0. The maximum Gasteiger partial charge on any atom is 0.252 e. The molecule has 1 heterocycles. The van der Waals surface area contributed by atoms with Crippen LogP contribution in [0, 0.1) is 0 Å². The first-order valence-corrected chi connectivity index (χ1v) is 9.71. The Hall–Kier alpha value is -1.79. The van der Waals surface area contributed by atoms with Gasteiger partial charge in [0.1, 0.15) is 0 Å². The molecule has 1 aromatic carbocycles. The molecule has 1 fully saturated rings. The number of ether oxygens (including phenoxy) is 1. The molecule has 1 aliphatic rings. The highest BCUT2D eigenvalue weighted by Crippen LogP contribution is 2.15. The van der Waals surface area contributed by atoms with Crippen molar-refractivity contribution in [2.75, 3.05) is 39.3 Å². The molecule has 0 saturated carbocycles. The summed E-state index contributed by atoms with van der Waals surface area (Å²) in [5.41, 5.74) is 0.489. The molecule has 1 aromatic rings. The summed E-state index contributed by atoms with van der Waals surface area (Å²) in [6, 6.07) is 7.03. The van der Waals surface area contributed by atoms with Gasteiger partial charge in [0, 0.05) is 32.8 Å². The number of halogens is 1. The van der Waals surface area contributed by atoms with Crippen LogP contribution < -0.4 is 10.6 Å². The van der Waals surface area contributed by atoms with Gasteiger partial charge in [0.05, 0.1) is 23.2 Å². The zero-order valence-corrected chi connectivity index (χ0v) is 16.4. The molecule has 0 atom stereocenters. The summed E-state index contributed by atoms with van der Waals surface area (Å²) in [6.45, 7) is 8.53. The normalized spacial score (nSPS) is 15.8. The van der Waals surface area contributed by atoms with E-state index in [-0.39, 0.29) is 5.91 Å². The fourth-order valence-corrected chi connectivity index (χ4v) is 3.19. The molecule has 0 radical (unpaired) electrons. The Labute approximate surface area is 161 Å². The topological polar surface area (TPSA) is 66.0 Å². The van der Waals surface area contributed by atoms with Gasteiger partial charge in [-0.15, -0.1) is 0 Å². The van der Waals surface area contributed by atoms with Crippen LogP contribution in [-0.2, 0) is 4.74 Å². The summed E-state index contributed by atoms with van der Waals surface area (Å²) in [4.78, 5) is 19.0. The number of carbonyl (C=O) groups is 1. The Morgan fingerprint density at radius 3 is 2.65 bits per heavy atom. The highest BCUT2D eigenvalue weighted by molar-refractivity contribution is 6.33. The van der Waals surface area contributed by atoms with Gasteiger partial charge in [0.25, 0.3) is 5.91 Å². The predicted octanol–water partition coefficient (Wildman–Crippen LogP) is 2.54. The van der Waals surface area contributed by atoms with Crippen molar-refractivity contribution in [3.05, 3.63) is 34.9 Å². The number of guanidine groups is 1. The first kappa shape index (κ1) is 20.5. The fraction of sp³-hybridized carbons (Fsp3) is 0.579. The van der Waals surface area contributed by atoms with E-state index in [1.165, 1.54) is 0 Å². The van der Waals surface area contributed by atoms with Gasteiger partial charge < -0.3 is 20.3 Å². The molecule has 144 valence electrons. The molecule has 2 N–H and O–H groups in total. The van der Waals surface area contributed by atoms with Crippen LogP contribution in [-0.4, -0.2) is 62.2 Å². The molecule has 1 saturated heterocycles. The highest BCUT2D eigenvalue weighted by Gasteiger charge is 2.21. The average molecular weight is 381 g/mol. The Morgan fingerprint density at radius 2 is 2.00 bits per heavy atom. The summed E-state index contributed by atoms with van der Waals surface area (Å²) in [7, 11) is 0. The molecule has 0 spiro atoms. The predicted molar refractivity (Wildman–Crippen MR) is 106 cm³/mol. The van der Waals surface area contributed by atoms with Crippen LogP contribution in [0.1, 0.15) is 37.0 Å². The van der Waals surface area contributed by atoms with Crippen molar-refractivity contribution >= 4 is 23.5 Å². The van der Waals surface area contributed by atoms with E-state index in [1.807, 2.05) is 6.92 Å². The van der Waals surface area contributed by atoms with E-state index in [1.54, 1.807) is 24.3 Å². The first-order chi connectivity index (χ1) is 12.7. The van der Waals surface area contributed by atoms with Crippen LogP contribution in [0.4, 0.5) is 0 Å². The maximum atomic E-state index is 12.2. The summed E-state index contributed by atoms with van der Waals surface area (Å²) < 4.78 is 5.70. The average Bonchev–Trinajstić information content (AvgIpc) is 2.65. The van der Waals surface area contributed by atoms with E-state index in [9.17, 15) is 4.79 Å². The highest BCUT2D eigenvalue weighted by atomic mass is 35.5. The Balaban J connectivity index is 1.82. The van der Waals surface area contributed by atoms with E-state index in [2.05, 4.69) is 27.4 Å². The van der Waals surface area contributed by atoms with Crippen molar-refractivity contribution in [3.8, 4) is 0 Å². The van der Waals surface area contributed by atoms with Gasteiger partial charge in [-0.25, -0.2) is 0 Å². The van der Waals surface area contributed by atoms with Crippen LogP contribution in [0.2, 0.25) is 5.02 Å². The number of aliphatic imine (C=N–C) groups is 1. The third-order valence-corrected chi connectivity index (χ3v) is 4.59. The third kappa shape index (κ3) is 6.18. The largest absolute Gasteiger partial charge is 0.378 e. The zero-order valence-electron chi connectivity index (χ0n) is 15.6. The Bertz CT molecular complexity index is 601. The van der Waals surface area contributed by atoms with Crippen molar-refractivity contribution in [1.82, 2.24) is 15.5 Å². The monoisotopic (exact) mass is 380 g/mol. The standard InChI is InChI=1S/C19H29ClN4O2/c1-3-21-19(24-13-9-15(10-14-24)26-4-2)23-12-11-22-18(25)16-7-5-6-8-17(16)20/h5-8,15H,3-4,9-14H2,1-2H3,(H,21,23)(H,22,25). The SMILES string of the molecule is CCNC(=NCCNC(=O)c1ccccc1Cl)N1CCC(OCC)CC1. The zero-order chi connectivity index (χ0) is 18.8. The number of carbonyl (C=O) groups excluding carboxylic acids is 1. The number of piperidine rings is 1. The van der Waals surface area contributed by atoms with Gasteiger partial charge in [0.15, 0.2) is 5.96 Å². The number of rotatable bonds is 7. The lowest BCUT2D eigenvalue weighted by molar-refractivity contribution is 0.0264. The second-order valence-electron chi connectivity index (χ2n) is 6.11. The smallest absolute Gasteiger partial charge is 0.252 e. The third-order valence-electron chi connectivity index (χ3n) is 4.26. The molecule has 2 rings (SSSR count). The minimum Gasteiger partial charge on any atom is -0.378 e. The van der Waals surface area contributed by atoms with Crippen molar-refractivity contribution < 1.29 is 9.53 Å². The van der Waals surface area contributed by atoms with Crippen molar-refractivity contribution in [2.45, 2.75) is 32.8 Å². The molecule has 6 nitrogen and oxygen atoms in total. The van der Waals surface area contributed by atoms with Crippen molar-refractivity contribution in [3.63, 3.8) is 0 Å². The second-order valence-corrected chi connectivity index (χ2v) is 6.52. The minimum atomic E-state index is -0.173. The number of nitrogens with one attached hydrogen (secondary N) is 2. The van der Waals surface area contributed by atoms with Gasteiger partial charge in [0.2, 0.25) is 0 Å². The van der Waals surface area contributed by atoms with Crippen molar-refractivity contribution in [2.24, 2.45) is 4.99 Å². The number of amides is 1. The van der Waals surface area contributed by atoms with Gasteiger partial charge in [-0.1, -0.05) is 23.7 Å². The first-order valence-electron chi connectivity index (χ1n) is 9.33. The van der Waals surface area contributed by atoms with Crippen LogP contribution in [0.3, 0.4) is 0 Å². The van der Waals surface area contributed by atoms with E-state index in [0.717, 1.165) is 45.0 Å². The lowest BCUT2D eigenvalue weighted by Crippen LogP contribution is -2.47. The molecule has 0 aromatic heterocycles. The molecule has 26 heavy (non-hydrogen) atoms. The number of hydrogen-bond acceptors (Lipinski definition) is 3. The van der Waals surface area contributed by atoms with Crippen molar-refractivity contribution in [1.29, 1.82) is 0 Å². The number of nitrogens with zero attached hydrogens (tertiary/aromatic N) is 2. The Kier molecular flexibility index (Phi) is 8.71. The number of likely N-dealkylation sites (tertiary alicyclic amines) is 1. The minimum absolute atomic E-state index is 0.173. The van der Waals surface area contributed by atoms with Crippen LogP contribution in [0.15, 0.2) is 29.3 Å². The summed E-state index contributed by atoms with van der Waals surface area (Å²) in [5, 5.41) is 6.65. The molecule has 7 heteroatoms. The van der Waals surface area contributed by atoms with Crippen LogP contribution in [0.25, 0.3) is 0 Å². The lowest BCUT2D eigenvalue weighted by Gasteiger charge is -2.34. The Morgan fingerprint density at radius 1 is 1.27 bits per heavy atom. The van der Waals surface area contributed by atoms with E-state index >= 15 is 0 Å². The summed E-state index contributed by atoms with van der Waals surface area (Å²) in [5.74, 6) is 0.725. The molecule has 0 unspecified atom stereocenters. The van der Waals surface area contributed by atoms with Gasteiger partial charge in [-0.05, 0) is 38.8 Å². The lowest BCUT2D eigenvalue weighted by atomic mass is 10.1. The number of benzene rings is 1. The molecular weight excluding hydrogens is 352 g/mol. The number of hydrogen-bond donors (Lipinski definition) is 2. The fourth-order valence-electron chi connectivity index (χ4n) is 2.97. The van der Waals surface area contributed by atoms with Gasteiger partial charge >= 0.3 is 0 Å². The quantitative estimate of drug-likeness (QED) is 0.433. The molecular formula is C19H29ClN4O2. The van der Waals surface area contributed by atoms with E-state index in [4.69, 9.17) is 16.3 Å². The maximum absolute atomic E-state index is 12.2. The van der Waals surface area contributed by atoms with E-state index < -0.39 is 0 Å². The molecule has 1 aliphatic heterocycles. The van der Waals surface area contributed by atoms with E-state index in [0.29, 0.717) is 29.8 Å². The van der Waals surface area contributed by atoms with Gasteiger partial charge in [-0.2, -0.15) is 0 Å². The van der Waals surface area contributed by atoms with Crippen LogP contribution in [0.5, 0.6) is 0 Å². The summed E-state index contributed by atoms with van der Waals surface area (Å²) >= 11 is 6.04. The summed E-state index contributed by atoms with van der Waals surface area (Å²) in [6.07, 6.45) is 2.39. The van der Waals surface area contributed by atoms with Gasteiger partial charge in [-0.3, -0.25) is 9.79 Å². The molecule has 0 bridgehead atoms. The van der Waals surface area contributed by atoms with Crippen LogP contribution >= 0.6 is 11.6 Å². The molecule has 0 aliphatic carbocycles. The molecule has 1 amide bonds.